The Morgan fingerprint density at radius 1 is 1.19 bits per heavy atom. The maximum absolute atomic E-state index is 12.3. The third-order valence-electron chi connectivity index (χ3n) is 3.18. The molecule has 1 aromatic carbocycles. The molecular formula is C14H15NO5S. The Hall–Kier alpha value is -2.15. The van der Waals surface area contributed by atoms with Gasteiger partial charge in [-0.05, 0) is 23.8 Å². The number of amides is 1. The summed E-state index contributed by atoms with van der Waals surface area (Å²) in [7, 11) is -3.03. The van der Waals surface area contributed by atoms with E-state index in [1.54, 1.807) is 24.3 Å². The Balaban J connectivity index is 2.13. The van der Waals surface area contributed by atoms with Gasteiger partial charge in [-0.25, -0.2) is 13.2 Å². The summed E-state index contributed by atoms with van der Waals surface area (Å²) in [5, 5.41) is 8.59. The van der Waals surface area contributed by atoms with Crippen LogP contribution in [0.3, 0.4) is 0 Å². The van der Waals surface area contributed by atoms with Gasteiger partial charge in [0.1, 0.15) is 0 Å². The van der Waals surface area contributed by atoms with Gasteiger partial charge in [-0.15, -0.1) is 0 Å². The van der Waals surface area contributed by atoms with Crippen molar-refractivity contribution in [2.45, 2.75) is 0 Å². The molecule has 0 spiro atoms. The molecule has 6 nitrogen and oxygen atoms in total. The quantitative estimate of drug-likeness (QED) is 0.828. The highest BCUT2D eigenvalue weighted by Gasteiger charge is 2.25. The number of carbonyl (C=O) groups excluding carboxylic acids is 1. The molecule has 0 aromatic heterocycles. The fourth-order valence-corrected chi connectivity index (χ4v) is 3.24. The highest BCUT2D eigenvalue weighted by atomic mass is 32.2. The van der Waals surface area contributed by atoms with Gasteiger partial charge >= 0.3 is 5.97 Å². The number of hydrogen-bond donors (Lipinski definition) is 1. The number of carboxylic acid groups (broad SMARTS) is 1. The first-order valence-corrected chi connectivity index (χ1v) is 8.20. The van der Waals surface area contributed by atoms with E-state index in [0.717, 1.165) is 6.08 Å². The zero-order valence-corrected chi connectivity index (χ0v) is 12.0. The average Bonchev–Trinajstić information content (AvgIpc) is 2.45. The van der Waals surface area contributed by atoms with E-state index in [1.165, 1.54) is 11.0 Å². The van der Waals surface area contributed by atoms with Crippen LogP contribution in [0.4, 0.5) is 0 Å². The van der Waals surface area contributed by atoms with E-state index in [0.29, 0.717) is 11.1 Å². The highest BCUT2D eigenvalue weighted by Crippen LogP contribution is 2.12. The highest BCUT2D eigenvalue weighted by molar-refractivity contribution is 7.91. The van der Waals surface area contributed by atoms with E-state index < -0.39 is 15.8 Å². The SMILES string of the molecule is O=C(O)C=Cc1cccc(C(=O)N2CCS(=O)(=O)CC2)c1. The molecular weight excluding hydrogens is 294 g/mol. The Morgan fingerprint density at radius 2 is 1.86 bits per heavy atom. The van der Waals surface area contributed by atoms with Gasteiger partial charge in [0.25, 0.3) is 5.91 Å². The van der Waals surface area contributed by atoms with Crippen LogP contribution in [0.2, 0.25) is 0 Å². The number of rotatable bonds is 3. The van der Waals surface area contributed by atoms with Crippen LogP contribution in [-0.2, 0) is 14.6 Å². The van der Waals surface area contributed by atoms with E-state index in [1.807, 2.05) is 0 Å². The molecule has 0 bridgehead atoms. The molecule has 1 heterocycles. The number of aliphatic carboxylic acids is 1. The predicted octanol–water partition coefficient (Wildman–Crippen LogP) is 0.655. The molecule has 1 N–H and O–H groups in total. The fourth-order valence-electron chi connectivity index (χ4n) is 2.04. The van der Waals surface area contributed by atoms with E-state index in [2.05, 4.69) is 0 Å². The molecule has 0 radical (unpaired) electrons. The smallest absolute Gasteiger partial charge is 0.328 e. The molecule has 0 aliphatic carbocycles. The van der Waals surface area contributed by atoms with Crippen LogP contribution >= 0.6 is 0 Å². The summed E-state index contributed by atoms with van der Waals surface area (Å²) in [6.07, 6.45) is 2.40. The number of benzene rings is 1. The largest absolute Gasteiger partial charge is 0.478 e. The average molecular weight is 309 g/mol. The minimum absolute atomic E-state index is 0.0165. The Labute approximate surface area is 122 Å². The van der Waals surface area contributed by atoms with Crippen molar-refractivity contribution in [3.8, 4) is 0 Å². The molecule has 1 aliphatic rings. The lowest BCUT2D eigenvalue weighted by molar-refractivity contribution is -0.131. The fraction of sp³-hybridized carbons (Fsp3) is 0.286. The summed E-state index contributed by atoms with van der Waals surface area (Å²) >= 11 is 0. The summed E-state index contributed by atoms with van der Waals surface area (Å²) < 4.78 is 22.7. The third-order valence-corrected chi connectivity index (χ3v) is 4.79. The van der Waals surface area contributed by atoms with Crippen molar-refractivity contribution >= 4 is 27.8 Å². The van der Waals surface area contributed by atoms with Gasteiger partial charge in [-0.2, -0.15) is 0 Å². The summed E-state index contributed by atoms with van der Waals surface area (Å²) in [5.41, 5.74) is 1.02. The van der Waals surface area contributed by atoms with E-state index in [9.17, 15) is 18.0 Å². The zero-order chi connectivity index (χ0) is 15.5. The van der Waals surface area contributed by atoms with Gasteiger partial charge in [0.2, 0.25) is 0 Å². The molecule has 1 amide bonds. The second kappa shape index (κ2) is 6.09. The zero-order valence-electron chi connectivity index (χ0n) is 11.2. The number of carboxylic acids is 1. The van der Waals surface area contributed by atoms with Crippen LogP contribution in [0.5, 0.6) is 0 Å². The topological polar surface area (TPSA) is 91.8 Å². The van der Waals surface area contributed by atoms with Crippen molar-refractivity contribution in [2.24, 2.45) is 0 Å². The number of nitrogens with zero attached hydrogens (tertiary/aromatic N) is 1. The molecule has 1 aromatic rings. The molecule has 21 heavy (non-hydrogen) atoms. The lowest BCUT2D eigenvalue weighted by Gasteiger charge is -2.26. The standard InChI is InChI=1S/C14H15NO5S/c16-13(17)5-4-11-2-1-3-12(10-11)14(18)15-6-8-21(19,20)9-7-15/h1-5,10H,6-9H2,(H,16,17). The number of sulfone groups is 1. The first-order chi connectivity index (χ1) is 9.87. The summed E-state index contributed by atoms with van der Waals surface area (Å²) in [5.74, 6) is -1.34. The molecule has 7 heteroatoms. The Morgan fingerprint density at radius 3 is 2.48 bits per heavy atom. The second-order valence-corrected chi connectivity index (χ2v) is 7.04. The summed E-state index contributed by atoms with van der Waals surface area (Å²) in [4.78, 5) is 24.3. The van der Waals surface area contributed by atoms with Crippen LogP contribution in [0.1, 0.15) is 15.9 Å². The van der Waals surface area contributed by atoms with Crippen LogP contribution < -0.4 is 0 Å². The van der Waals surface area contributed by atoms with Crippen molar-refractivity contribution in [3.63, 3.8) is 0 Å². The van der Waals surface area contributed by atoms with Gasteiger partial charge in [0.05, 0.1) is 11.5 Å². The molecule has 0 atom stereocenters. The van der Waals surface area contributed by atoms with Gasteiger partial charge < -0.3 is 10.0 Å². The van der Waals surface area contributed by atoms with Crippen LogP contribution in [0.15, 0.2) is 30.3 Å². The van der Waals surface area contributed by atoms with Crippen LogP contribution in [0, 0.1) is 0 Å². The minimum atomic E-state index is -3.03. The van der Waals surface area contributed by atoms with E-state index in [-0.39, 0.29) is 30.5 Å². The van der Waals surface area contributed by atoms with Crippen LogP contribution in [-0.4, -0.2) is 54.9 Å². The van der Waals surface area contributed by atoms with Gasteiger partial charge in [-0.1, -0.05) is 12.1 Å². The molecule has 1 saturated heterocycles. The van der Waals surface area contributed by atoms with E-state index in [4.69, 9.17) is 5.11 Å². The first kappa shape index (κ1) is 15.2. The van der Waals surface area contributed by atoms with Gasteiger partial charge in [-0.3, -0.25) is 4.79 Å². The van der Waals surface area contributed by atoms with Gasteiger partial charge in [0.15, 0.2) is 9.84 Å². The Bertz CT molecular complexity index is 679. The molecule has 2 rings (SSSR count). The molecule has 1 fully saturated rings. The second-order valence-electron chi connectivity index (χ2n) is 4.74. The number of carbonyl (C=O) groups is 2. The third kappa shape index (κ3) is 4.16. The summed E-state index contributed by atoms with van der Waals surface area (Å²) in [6.45, 7) is 0.382. The van der Waals surface area contributed by atoms with Crippen LogP contribution in [0.25, 0.3) is 6.08 Å². The molecule has 0 saturated carbocycles. The normalized spacial score (nSPS) is 17.8. The molecule has 112 valence electrons. The summed E-state index contributed by atoms with van der Waals surface area (Å²) in [6, 6.07) is 6.57. The lowest BCUT2D eigenvalue weighted by Crippen LogP contribution is -2.43. The van der Waals surface area contributed by atoms with Crippen molar-refractivity contribution in [3.05, 3.63) is 41.5 Å². The predicted molar refractivity (Wildman–Crippen MR) is 77.7 cm³/mol. The maximum Gasteiger partial charge on any atom is 0.328 e. The monoisotopic (exact) mass is 309 g/mol. The van der Waals surface area contributed by atoms with Crippen molar-refractivity contribution in [1.29, 1.82) is 0 Å². The van der Waals surface area contributed by atoms with E-state index >= 15 is 0 Å². The maximum atomic E-state index is 12.3. The number of hydrogen-bond acceptors (Lipinski definition) is 4. The van der Waals surface area contributed by atoms with Crippen molar-refractivity contribution < 1.29 is 23.1 Å². The van der Waals surface area contributed by atoms with Crippen molar-refractivity contribution in [1.82, 2.24) is 4.90 Å². The first-order valence-electron chi connectivity index (χ1n) is 6.38. The Kier molecular flexibility index (Phi) is 4.42. The minimum Gasteiger partial charge on any atom is -0.478 e. The molecule has 1 aliphatic heterocycles. The molecule has 0 unspecified atom stereocenters. The van der Waals surface area contributed by atoms with Gasteiger partial charge in [0, 0.05) is 24.7 Å². The lowest BCUT2D eigenvalue weighted by atomic mass is 10.1. The van der Waals surface area contributed by atoms with Crippen molar-refractivity contribution in [2.75, 3.05) is 24.6 Å².